The van der Waals surface area contributed by atoms with E-state index >= 15 is 0 Å². The van der Waals surface area contributed by atoms with E-state index in [0.717, 1.165) is 6.07 Å². The summed E-state index contributed by atoms with van der Waals surface area (Å²) in [6.07, 6.45) is -0.191. The lowest BCUT2D eigenvalue weighted by Crippen LogP contribution is -2.28. The lowest BCUT2D eigenvalue weighted by atomic mass is 10.1. The molecule has 3 rings (SSSR count). The van der Waals surface area contributed by atoms with Crippen molar-refractivity contribution in [3.05, 3.63) is 62.2 Å². The molecule has 2 aromatic rings. The van der Waals surface area contributed by atoms with E-state index < -0.39 is 40.2 Å². The van der Waals surface area contributed by atoms with E-state index in [4.69, 9.17) is 9.47 Å². The van der Waals surface area contributed by atoms with Crippen molar-refractivity contribution in [2.24, 2.45) is 5.92 Å². The first-order chi connectivity index (χ1) is 16.1. The number of aryl methyl sites for hydroxylation is 1. The third kappa shape index (κ3) is 5.26. The summed E-state index contributed by atoms with van der Waals surface area (Å²) in [5, 5.41) is 24.6. The van der Waals surface area contributed by atoms with Crippen LogP contribution in [-0.2, 0) is 19.1 Å². The Morgan fingerprint density at radius 2 is 1.82 bits per heavy atom. The number of carbonyl (C=O) groups is 3. The van der Waals surface area contributed by atoms with Crippen LogP contribution in [0.15, 0.2) is 36.4 Å². The number of benzene rings is 2. The Hall–Kier alpha value is -4.55. The standard InChI is InChI=1S/C21H20N4O9/c1-12-3-4-14(8-18(12)25(31)32)23-10-13(7-20(23)27)21(28)34-11-19(26)22-16-9-15(33-2)5-6-17(16)24(29)30/h3-6,8-9,13H,7,10-11H2,1-2H3,(H,22,26)/t13-/m1/s1. The molecule has 2 amide bonds. The molecule has 2 aromatic carbocycles. The molecule has 0 bridgehead atoms. The average molecular weight is 472 g/mol. The fourth-order valence-electron chi connectivity index (χ4n) is 3.42. The highest BCUT2D eigenvalue weighted by Crippen LogP contribution is 2.31. The van der Waals surface area contributed by atoms with Gasteiger partial charge >= 0.3 is 5.97 Å². The molecule has 34 heavy (non-hydrogen) atoms. The van der Waals surface area contributed by atoms with Crippen LogP contribution in [0.1, 0.15) is 12.0 Å². The van der Waals surface area contributed by atoms with E-state index in [9.17, 15) is 34.6 Å². The topological polar surface area (TPSA) is 171 Å². The minimum atomic E-state index is -0.883. The molecule has 1 heterocycles. The van der Waals surface area contributed by atoms with E-state index in [-0.39, 0.29) is 41.5 Å². The van der Waals surface area contributed by atoms with E-state index in [1.807, 2.05) is 0 Å². The van der Waals surface area contributed by atoms with Gasteiger partial charge in [0.25, 0.3) is 17.3 Å². The van der Waals surface area contributed by atoms with Gasteiger partial charge in [-0.2, -0.15) is 0 Å². The molecule has 13 nitrogen and oxygen atoms in total. The fourth-order valence-corrected chi connectivity index (χ4v) is 3.42. The maximum atomic E-state index is 12.4. The number of nitro groups is 2. The predicted octanol–water partition coefficient (Wildman–Crippen LogP) is 2.35. The Balaban J connectivity index is 1.61. The number of carbonyl (C=O) groups excluding carboxylic acids is 3. The van der Waals surface area contributed by atoms with Gasteiger partial charge in [0.2, 0.25) is 5.91 Å². The maximum Gasteiger partial charge on any atom is 0.311 e. The van der Waals surface area contributed by atoms with Crippen LogP contribution >= 0.6 is 0 Å². The Morgan fingerprint density at radius 3 is 2.47 bits per heavy atom. The summed E-state index contributed by atoms with van der Waals surface area (Å²) in [6, 6.07) is 8.09. The van der Waals surface area contributed by atoms with Gasteiger partial charge in [0, 0.05) is 36.7 Å². The van der Waals surface area contributed by atoms with Crippen molar-refractivity contribution >= 4 is 40.5 Å². The van der Waals surface area contributed by atoms with Gasteiger partial charge in [-0.05, 0) is 19.1 Å². The molecule has 1 aliphatic heterocycles. The molecule has 1 fully saturated rings. The molecular weight excluding hydrogens is 452 g/mol. The van der Waals surface area contributed by atoms with E-state index in [1.165, 1.54) is 36.3 Å². The number of amides is 2. The second-order valence-corrected chi connectivity index (χ2v) is 7.43. The predicted molar refractivity (Wildman–Crippen MR) is 118 cm³/mol. The molecular formula is C21H20N4O9. The van der Waals surface area contributed by atoms with Crippen LogP contribution in [0.3, 0.4) is 0 Å². The molecule has 0 spiro atoms. The van der Waals surface area contributed by atoms with Crippen molar-refractivity contribution in [2.75, 3.05) is 30.5 Å². The summed E-state index contributed by atoms with van der Waals surface area (Å²) in [4.78, 5) is 59.3. The highest BCUT2D eigenvalue weighted by Gasteiger charge is 2.37. The number of rotatable bonds is 8. The van der Waals surface area contributed by atoms with Gasteiger partial charge in [0.05, 0.1) is 28.6 Å². The Bertz CT molecular complexity index is 1180. The quantitative estimate of drug-likeness (QED) is 0.344. The second-order valence-electron chi connectivity index (χ2n) is 7.43. The number of hydrogen-bond acceptors (Lipinski definition) is 9. The van der Waals surface area contributed by atoms with Crippen LogP contribution in [-0.4, -0.2) is 47.9 Å². The first-order valence-corrected chi connectivity index (χ1v) is 9.95. The van der Waals surface area contributed by atoms with Crippen molar-refractivity contribution in [1.82, 2.24) is 0 Å². The normalized spacial score (nSPS) is 15.1. The lowest BCUT2D eigenvalue weighted by molar-refractivity contribution is -0.385. The van der Waals surface area contributed by atoms with Crippen LogP contribution < -0.4 is 15.0 Å². The zero-order valence-corrected chi connectivity index (χ0v) is 18.2. The summed E-state index contributed by atoms with van der Waals surface area (Å²) in [5.74, 6) is -2.66. The Kier molecular flexibility index (Phi) is 7.04. The Labute approximate surface area is 192 Å². The number of methoxy groups -OCH3 is 1. The monoisotopic (exact) mass is 472 g/mol. The molecule has 13 heteroatoms. The van der Waals surface area contributed by atoms with Gasteiger partial charge < -0.3 is 19.7 Å². The van der Waals surface area contributed by atoms with Gasteiger partial charge in [0.15, 0.2) is 6.61 Å². The molecule has 1 aliphatic rings. The van der Waals surface area contributed by atoms with E-state index in [1.54, 1.807) is 13.0 Å². The van der Waals surface area contributed by atoms with Gasteiger partial charge in [0.1, 0.15) is 11.4 Å². The second kappa shape index (κ2) is 9.94. The van der Waals surface area contributed by atoms with Crippen molar-refractivity contribution in [3.63, 3.8) is 0 Å². The van der Waals surface area contributed by atoms with Gasteiger partial charge in [-0.25, -0.2) is 0 Å². The molecule has 1 atom stereocenters. The third-order valence-electron chi connectivity index (χ3n) is 5.18. The van der Waals surface area contributed by atoms with Gasteiger partial charge in [-0.15, -0.1) is 0 Å². The van der Waals surface area contributed by atoms with Crippen LogP contribution in [0.2, 0.25) is 0 Å². The minimum absolute atomic E-state index is 0.0686. The molecule has 0 unspecified atom stereocenters. The number of esters is 1. The summed E-state index contributed by atoms with van der Waals surface area (Å²) in [5.41, 5.74) is 0.0530. The number of nitrogens with one attached hydrogen (secondary N) is 1. The molecule has 0 radical (unpaired) electrons. The minimum Gasteiger partial charge on any atom is -0.497 e. The number of ether oxygens (including phenoxy) is 2. The van der Waals surface area contributed by atoms with E-state index in [0.29, 0.717) is 5.56 Å². The number of hydrogen-bond donors (Lipinski definition) is 1. The number of nitrogens with zero attached hydrogens (tertiary/aromatic N) is 3. The first kappa shape index (κ1) is 24.1. The molecule has 178 valence electrons. The largest absolute Gasteiger partial charge is 0.497 e. The van der Waals surface area contributed by atoms with Crippen molar-refractivity contribution in [1.29, 1.82) is 0 Å². The van der Waals surface area contributed by atoms with Gasteiger partial charge in [-0.3, -0.25) is 34.6 Å². The molecule has 0 aliphatic carbocycles. The Morgan fingerprint density at radius 1 is 1.12 bits per heavy atom. The summed E-state index contributed by atoms with van der Waals surface area (Å²) >= 11 is 0. The molecule has 1 N–H and O–H groups in total. The smallest absolute Gasteiger partial charge is 0.311 e. The average Bonchev–Trinajstić information content (AvgIpc) is 3.19. The van der Waals surface area contributed by atoms with Crippen LogP contribution in [0.5, 0.6) is 5.75 Å². The summed E-state index contributed by atoms with van der Waals surface area (Å²) < 4.78 is 9.98. The number of nitro benzene ring substituents is 2. The molecule has 0 aromatic heterocycles. The van der Waals surface area contributed by atoms with Crippen molar-refractivity contribution in [3.8, 4) is 5.75 Å². The van der Waals surface area contributed by atoms with Gasteiger partial charge in [-0.1, -0.05) is 6.07 Å². The highest BCUT2D eigenvalue weighted by atomic mass is 16.6. The third-order valence-corrected chi connectivity index (χ3v) is 5.18. The summed E-state index contributed by atoms with van der Waals surface area (Å²) in [7, 11) is 1.36. The van der Waals surface area contributed by atoms with Crippen molar-refractivity contribution < 1.29 is 33.7 Å². The maximum absolute atomic E-state index is 12.4. The van der Waals surface area contributed by atoms with Crippen LogP contribution in [0, 0.1) is 33.1 Å². The molecule has 1 saturated heterocycles. The highest BCUT2D eigenvalue weighted by molar-refractivity contribution is 6.00. The van der Waals surface area contributed by atoms with Crippen LogP contribution in [0.25, 0.3) is 0 Å². The SMILES string of the molecule is COc1ccc([N+](=O)[O-])c(NC(=O)COC(=O)[C@@H]2CC(=O)N(c3ccc(C)c([N+](=O)[O-])c3)C2)c1. The fraction of sp³-hybridized carbons (Fsp3) is 0.286. The number of anilines is 2. The van der Waals surface area contributed by atoms with Crippen molar-refractivity contribution in [2.45, 2.75) is 13.3 Å². The van der Waals surface area contributed by atoms with E-state index in [2.05, 4.69) is 5.32 Å². The first-order valence-electron chi connectivity index (χ1n) is 9.95. The zero-order chi connectivity index (χ0) is 25.0. The zero-order valence-electron chi connectivity index (χ0n) is 18.2. The summed E-state index contributed by atoms with van der Waals surface area (Å²) in [6.45, 7) is 0.772. The molecule has 0 saturated carbocycles. The van der Waals surface area contributed by atoms with Crippen LogP contribution in [0.4, 0.5) is 22.7 Å². The lowest BCUT2D eigenvalue weighted by Gasteiger charge is -2.16.